The Labute approximate surface area is 82.3 Å². The topological polar surface area (TPSA) is 54.4 Å². The molecule has 0 heterocycles. The second-order valence-corrected chi connectivity index (χ2v) is 4.33. The van der Waals surface area contributed by atoms with Crippen LogP contribution in [0.15, 0.2) is 0 Å². The third-order valence-corrected chi connectivity index (χ3v) is 2.69. The average molecular weight is 210 g/mol. The molecule has 0 spiro atoms. The maximum atomic E-state index is 10.3. The highest BCUT2D eigenvalue weighted by Gasteiger charge is 2.09. The maximum absolute atomic E-state index is 10.3. The summed E-state index contributed by atoms with van der Waals surface area (Å²) < 4.78 is 29.1. The normalized spacial score (nSPS) is 10.9. The summed E-state index contributed by atoms with van der Waals surface area (Å²) in [5.41, 5.74) is 0. The number of rotatable bonds is 5. The molecule has 4 heteroatoms. The summed E-state index contributed by atoms with van der Waals surface area (Å²) in [4.78, 5) is 0. The smallest absolute Gasteiger partial charge is 0.264 e. The molecule has 0 amide bonds. The molecule has 0 saturated heterocycles. The summed E-state index contributed by atoms with van der Waals surface area (Å²) in [6.45, 7) is 8.05. The molecular weight excluding hydrogens is 188 g/mol. The predicted molar refractivity (Wildman–Crippen MR) is 56.5 cm³/mol. The minimum Gasteiger partial charge on any atom is -0.286 e. The van der Waals surface area contributed by atoms with E-state index in [4.69, 9.17) is 4.55 Å². The predicted octanol–water partition coefficient (Wildman–Crippen LogP) is 2.73. The van der Waals surface area contributed by atoms with E-state index in [9.17, 15) is 8.42 Å². The first kappa shape index (κ1) is 15.4. The third kappa shape index (κ3) is 11.9. The Balaban J connectivity index is 0. The second kappa shape index (κ2) is 8.51. The Morgan fingerprint density at radius 3 is 1.77 bits per heavy atom. The fourth-order valence-electron chi connectivity index (χ4n) is 1.01. The summed E-state index contributed by atoms with van der Waals surface area (Å²) in [5.74, 6) is 0.330. The standard InChI is InChI=1S/C7H16O3S.C2H6/c1-3-7(4-2)5-6-11(8,9)10;1-2/h7H,3-6H2,1-2H3,(H,8,9,10);1-2H3. The first-order chi connectivity index (χ1) is 5.99. The van der Waals surface area contributed by atoms with Crippen molar-refractivity contribution in [2.45, 2.75) is 47.0 Å². The van der Waals surface area contributed by atoms with Crippen molar-refractivity contribution in [3.8, 4) is 0 Å². The highest BCUT2D eigenvalue weighted by Crippen LogP contribution is 2.12. The lowest BCUT2D eigenvalue weighted by Crippen LogP contribution is -2.09. The lowest BCUT2D eigenvalue weighted by Gasteiger charge is -2.09. The van der Waals surface area contributed by atoms with Crippen LogP contribution in [0.5, 0.6) is 0 Å². The van der Waals surface area contributed by atoms with E-state index < -0.39 is 10.1 Å². The van der Waals surface area contributed by atoms with Crippen LogP contribution in [0.1, 0.15) is 47.0 Å². The SMILES string of the molecule is CC.CCC(CC)CCS(=O)(=O)O. The molecule has 0 rings (SSSR count). The quantitative estimate of drug-likeness (QED) is 0.710. The van der Waals surface area contributed by atoms with Crippen molar-refractivity contribution in [2.75, 3.05) is 5.75 Å². The van der Waals surface area contributed by atoms with Gasteiger partial charge in [-0.2, -0.15) is 8.42 Å². The molecular formula is C9H22O3S. The lowest BCUT2D eigenvalue weighted by atomic mass is 10.0. The van der Waals surface area contributed by atoms with E-state index in [2.05, 4.69) is 0 Å². The van der Waals surface area contributed by atoms with Gasteiger partial charge in [-0.05, 0) is 12.3 Å². The summed E-state index contributed by atoms with van der Waals surface area (Å²) in [6.07, 6.45) is 2.53. The van der Waals surface area contributed by atoms with E-state index in [1.54, 1.807) is 0 Å². The van der Waals surface area contributed by atoms with Gasteiger partial charge in [0.15, 0.2) is 0 Å². The van der Waals surface area contributed by atoms with Crippen LogP contribution in [-0.4, -0.2) is 18.7 Å². The van der Waals surface area contributed by atoms with Crippen molar-refractivity contribution in [3.05, 3.63) is 0 Å². The van der Waals surface area contributed by atoms with Crippen molar-refractivity contribution in [3.63, 3.8) is 0 Å². The van der Waals surface area contributed by atoms with Crippen LogP contribution in [0.2, 0.25) is 0 Å². The molecule has 0 fully saturated rings. The molecule has 0 radical (unpaired) electrons. The van der Waals surface area contributed by atoms with Crippen molar-refractivity contribution in [1.82, 2.24) is 0 Å². The fraction of sp³-hybridized carbons (Fsp3) is 1.00. The van der Waals surface area contributed by atoms with Gasteiger partial charge in [-0.3, -0.25) is 4.55 Å². The molecule has 0 aliphatic heterocycles. The fourth-order valence-corrected chi connectivity index (χ4v) is 1.64. The minimum atomic E-state index is -3.74. The molecule has 3 nitrogen and oxygen atoms in total. The van der Waals surface area contributed by atoms with Crippen molar-refractivity contribution >= 4 is 10.1 Å². The van der Waals surface area contributed by atoms with Crippen LogP contribution in [0.25, 0.3) is 0 Å². The number of hydrogen-bond acceptors (Lipinski definition) is 2. The van der Waals surface area contributed by atoms with E-state index in [1.807, 2.05) is 27.7 Å². The minimum absolute atomic E-state index is 0.0979. The number of hydrogen-bond donors (Lipinski definition) is 1. The summed E-state index contributed by atoms with van der Waals surface area (Å²) in [5, 5.41) is 0. The Morgan fingerprint density at radius 1 is 1.15 bits per heavy atom. The van der Waals surface area contributed by atoms with Gasteiger partial charge in [0, 0.05) is 0 Å². The van der Waals surface area contributed by atoms with Gasteiger partial charge in [0.1, 0.15) is 0 Å². The van der Waals surface area contributed by atoms with Gasteiger partial charge < -0.3 is 0 Å². The van der Waals surface area contributed by atoms with E-state index >= 15 is 0 Å². The van der Waals surface area contributed by atoms with E-state index in [0.29, 0.717) is 12.3 Å². The van der Waals surface area contributed by atoms with Crippen LogP contribution >= 0.6 is 0 Å². The zero-order chi connectivity index (χ0) is 10.9. The molecule has 0 bridgehead atoms. The molecule has 0 aliphatic rings. The van der Waals surface area contributed by atoms with E-state index in [-0.39, 0.29) is 5.75 Å². The summed E-state index contributed by atoms with van der Waals surface area (Å²) in [7, 11) is -3.74. The van der Waals surface area contributed by atoms with Gasteiger partial charge in [-0.25, -0.2) is 0 Å². The lowest BCUT2D eigenvalue weighted by molar-refractivity contribution is 0.447. The Morgan fingerprint density at radius 2 is 1.54 bits per heavy atom. The molecule has 1 N–H and O–H groups in total. The van der Waals surface area contributed by atoms with E-state index in [1.165, 1.54) is 0 Å². The van der Waals surface area contributed by atoms with Gasteiger partial charge in [-0.15, -0.1) is 0 Å². The Kier molecular flexibility index (Phi) is 10.1. The van der Waals surface area contributed by atoms with Crippen LogP contribution < -0.4 is 0 Å². The van der Waals surface area contributed by atoms with E-state index in [0.717, 1.165) is 12.8 Å². The third-order valence-electron chi connectivity index (χ3n) is 1.94. The Bertz CT molecular complexity index is 181. The summed E-state index contributed by atoms with van der Waals surface area (Å²) in [6, 6.07) is 0. The van der Waals surface area contributed by atoms with Gasteiger partial charge in [0.05, 0.1) is 5.75 Å². The van der Waals surface area contributed by atoms with Crippen LogP contribution in [0.4, 0.5) is 0 Å². The largest absolute Gasteiger partial charge is 0.286 e. The maximum Gasteiger partial charge on any atom is 0.264 e. The summed E-state index contributed by atoms with van der Waals surface area (Å²) >= 11 is 0. The van der Waals surface area contributed by atoms with Crippen LogP contribution in [0, 0.1) is 5.92 Å². The van der Waals surface area contributed by atoms with Crippen molar-refractivity contribution < 1.29 is 13.0 Å². The zero-order valence-electron chi connectivity index (χ0n) is 9.08. The molecule has 82 valence electrons. The molecule has 0 aromatic rings. The van der Waals surface area contributed by atoms with Crippen molar-refractivity contribution in [2.24, 2.45) is 5.92 Å². The molecule has 0 atom stereocenters. The Hall–Kier alpha value is -0.0900. The average Bonchev–Trinajstić information content (AvgIpc) is 2.08. The highest BCUT2D eigenvalue weighted by molar-refractivity contribution is 7.85. The molecule has 0 aromatic carbocycles. The van der Waals surface area contributed by atoms with Gasteiger partial charge in [0.2, 0.25) is 0 Å². The van der Waals surface area contributed by atoms with Gasteiger partial charge in [0.25, 0.3) is 10.1 Å². The monoisotopic (exact) mass is 210 g/mol. The first-order valence-corrected chi connectivity index (χ1v) is 6.55. The van der Waals surface area contributed by atoms with Gasteiger partial charge in [-0.1, -0.05) is 40.5 Å². The molecule has 0 aromatic heterocycles. The zero-order valence-corrected chi connectivity index (χ0v) is 9.89. The van der Waals surface area contributed by atoms with Crippen molar-refractivity contribution in [1.29, 1.82) is 0 Å². The molecule has 0 aliphatic carbocycles. The molecule has 0 unspecified atom stereocenters. The van der Waals surface area contributed by atoms with Crippen LogP contribution in [0.3, 0.4) is 0 Å². The van der Waals surface area contributed by atoms with Gasteiger partial charge >= 0.3 is 0 Å². The van der Waals surface area contributed by atoms with Crippen LogP contribution in [-0.2, 0) is 10.1 Å². The molecule has 0 saturated carbocycles. The first-order valence-electron chi connectivity index (χ1n) is 4.94. The highest BCUT2D eigenvalue weighted by atomic mass is 32.2. The molecule has 13 heavy (non-hydrogen) atoms. The second-order valence-electron chi connectivity index (χ2n) is 2.76.